The Bertz CT molecular complexity index is 334. The van der Waals surface area contributed by atoms with Gasteiger partial charge in [-0.1, -0.05) is 6.42 Å². The van der Waals surface area contributed by atoms with Crippen LogP contribution in [0.25, 0.3) is 0 Å². The van der Waals surface area contributed by atoms with E-state index in [1.54, 1.807) is 7.11 Å². The Balaban J connectivity index is 2.28. The molecule has 1 heterocycles. The monoisotopic (exact) mass is 255 g/mol. The second-order valence-corrected chi connectivity index (χ2v) is 4.81. The minimum absolute atomic E-state index is 0.613. The number of ether oxygens (including phenoxy) is 1. The summed E-state index contributed by atoms with van der Waals surface area (Å²) in [6, 6.07) is 1.83. The first-order chi connectivity index (χ1) is 8.26. The number of aryl methyl sites for hydroxylation is 1. The summed E-state index contributed by atoms with van der Waals surface area (Å²) in [5.74, 6) is 3.44. The summed E-state index contributed by atoms with van der Waals surface area (Å²) >= 11 is 1.91. The molecular formula is C12H21N3OS. The molecule has 1 rings (SSSR count). The summed E-state index contributed by atoms with van der Waals surface area (Å²) in [5.41, 5.74) is 0. The first-order valence-electron chi connectivity index (χ1n) is 5.88. The van der Waals surface area contributed by atoms with Crippen molar-refractivity contribution in [2.75, 3.05) is 31.0 Å². The molecule has 0 aromatic carbocycles. The van der Waals surface area contributed by atoms with Crippen molar-refractivity contribution in [3.05, 3.63) is 11.9 Å². The summed E-state index contributed by atoms with van der Waals surface area (Å²) < 4.78 is 5.10. The van der Waals surface area contributed by atoms with E-state index < -0.39 is 0 Å². The van der Waals surface area contributed by atoms with Crippen molar-refractivity contribution in [2.45, 2.75) is 26.2 Å². The summed E-state index contributed by atoms with van der Waals surface area (Å²) in [4.78, 5) is 8.45. The summed E-state index contributed by atoms with van der Waals surface area (Å²) in [6.45, 7) is 2.82. The van der Waals surface area contributed by atoms with Gasteiger partial charge in [-0.25, -0.2) is 4.98 Å². The number of aromatic nitrogens is 2. The molecule has 0 aliphatic heterocycles. The molecule has 17 heavy (non-hydrogen) atoms. The standard InChI is InChI=1S/C12H21N3OS/c1-10-14-11(9-12(15-10)16-2)13-7-5-4-6-8-17-3/h9H,4-8H2,1-3H3,(H,13,14,15). The Labute approximate surface area is 108 Å². The highest BCUT2D eigenvalue weighted by atomic mass is 32.2. The average Bonchev–Trinajstić information content (AvgIpc) is 2.33. The van der Waals surface area contributed by atoms with E-state index in [2.05, 4.69) is 21.5 Å². The molecule has 96 valence electrons. The number of unbranched alkanes of at least 4 members (excludes halogenated alkanes) is 2. The van der Waals surface area contributed by atoms with Gasteiger partial charge < -0.3 is 10.1 Å². The maximum Gasteiger partial charge on any atom is 0.218 e. The molecule has 5 heteroatoms. The molecule has 0 unspecified atom stereocenters. The first kappa shape index (κ1) is 14.1. The number of nitrogens with one attached hydrogen (secondary N) is 1. The van der Waals surface area contributed by atoms with Gasteiger partial charge in [-0.05, 0) is 31.8 Å². The van der Waals surface area contributed by atoms with Gasteiger partial charge in [-0.3, -0.25) is 0 Å². The topological polar surface area (TPSA) is 47.0 Å². The van der Waals surface area contributed by atoms with Crippen LogP contribution in [0.15, 0.2) is 6.07 Å². The zero-order valence-corrected chi connectivity index (χ0v) is 11.6. The molecule has 0 amide bonds. The smallest absolute Gasteiger partial charge is 0.218 e. The van der Waals surface area contributed by atoms with Gasteiger partial charge in [0.15, 0.2) is 0 Å². The third-order valence-corrected chi connectivity index (χ3v) is 3.05. The van der Waals surface area contributed by atoms with Gasteiger partial charge in [0.05, 0.1) is 7.11 Å². The van der Waals surface area contributed by atoms with Crippen LogP contribution in [0.4, 0.5) is 5.82 Å². The highest BCUT2D eigenvalue weighted by Gasteiger charge is 2.00. The number of anilines is 1. The van der Waals surface area contributed by atoms with E-state index in [1.807, 2.05) is 24.8 Å². The van der Waals surface area contributed by atoms with Crippen LogP contribution in [0.5, 0.6) is 5.88 Å². The van der Waals surface area contributed by atoms with Crippen molar-refractivity contribution in [1.29, 1.82) is 0 Å². The number of methoxy groups -OCH3 is 1. The summed E-state index contributed by atoms with van der Waals surface area (Å²) in [6.07, 6.45) is 5.87. The Hall–Kier alpha value is -0.970. The van der Waals surface area contributed by atoms with Crippen LogP contribution in [0.3, 0.4) is 0 Å². The quantitative estimate of drug-likeness (QED) is 0.724. The van der Waals surface area contributed by atoms with Gasteiger partial charge in [0.1, 0.15) is 11.6 Å². The van der Waals surface area contributed by atoms with Crippen LogP contribution in [-0.2, 0) is 0 Å². The molecule has 0 aliphatic carbocycles. The molecule has 0 aliphatic rings. The molecule has 0 radical (unpaired) electrons. The number of hydrogen-bond acceptors (Lipinski definition) is 5. The molecule has 0 atom stereocenters. The number of nitrogens with zero attached hydrogens (tertiary/aromatic N) is 2. The maximum absolute atomic E-state index is 5.10. The van der Waals surface area contributed by atoms with Crippen molar-refractivity contribution < 1.29 is 4.74 Å². The van der Waals surface area contributed by atoms with Crippen LogP contribution in [0, 0.1) is 6.92 Å². The second kappa shape index (κ2) is 8.17. The minimum atomic E-state index is 0.613. The third kappa shape index (κ3) is 5.77. The van der Waals surface area contributed by atoms with Gasteiger partial charge in [-0.2, -0.15) is 16.7 Å². The van der Waals surface area contributed by atoms with E-state index in [4.69, 9.17) is 4.74 Å². The fourth-order valence-electron chi connectivity index (χ4n) is 1.50. The number of rotatable bonds is 8. The largest absolute Gasteiger partial charge is 0.481 e. The van der Waals surface area contributed by atoms with Crippen LogP contribution in [0.2, 0.25) is 0 Å². The van der Waals surface area contributed by atoms with Crippen LogP contribution in [0.1, 0.15) is 25.1 Å². The Morgan fingerprint density at radius 3 is 2.82 bits per heavy atom. The van der Waals surface area contributed by atoms with Crippen molar-refractivity contribution in [3.8, 4) is 5.88 Å². The molecule has 0 spiro atoms. The molecule has 0 saturated heterocycles. The molecule has 1 aromatic heterocycles. The maximum atomic E-state index is 5.10. The molecular weight excluding hydrogens is 234 g/mol. The van der Waals surface area contributed by atoms with Crippen LogP contribution in [-0.4, -0.2) is 35.6 Å². The SMILES string of the molecule is COc1cc(NCCCCCSC)nc(C)n1. The van der Waals surface area contributed by atoms with E-state index in [0.717, 1.165) is 18.2 Å². The predicted molar refractivity (Wildman–Crippen MR) is 74.0 cm³/mol. The lowest BCUT2D eigenvalue weighted by molar-refractivity contribution is 0.396. The third-order valence-electron chi connectivity index (χ3n) is 2.35. The fraction of sp³-hybridized carbons (Fsp3) is 0.667. The summed E-state index contributed by atoms with van der Waals surface area (Å²) in [7, 11) is 1.62. The van der Waals surface area contributed by atoms with E-state index >= 15 is 0 Å². The number of hydrogen-bond donors (Lipinski definition) is 1. The van der Waals surface area contributed by atoms with Gasteiger partial charge in [0.25, 0.3) is 0 Å². The molecule has 4 nitrogen and oxygen atoms in total. The Morgan fingerprint density at radius 1 is 1.29 bits per heavy atom. The molecule has 0 fully saturated rings. The average molecular weight is 255 g/mol. The zero-order valence-electron chi connectivity index (χ0n) is 10.8. The van der Waals surface area contributed by atoms with Crippen molar-refractivity contribution in [1.82, 2.24) is 9.97 Å². The van der Waals surface area contributed by atoms with Crippen molar-refractivity contribution >= 4 is 17.6 Å². The second-order valence-electron chi connectivity index (χ2n) is 3.82. The lowest BCUT2D eigenvalue weighted by Crippen LogP contribution is -2.05. The van der Waals surface area contributed by atoms with E-state index in [1.165, 1.54) is 25.0 Å². The van der Waals surface area contributed by atoms with Gasteiger partial charge in [-0.15, -0.1) is 0 Å². The van der Waals surface area contributed by atoms with E-state index in [0.29, 0.717) is 5.88 Å². The molecule has 0 saturated carbocycles. The van der Waals surface area contributed by atoms with Gasteiger partial charge in [0, 0.05) is 12.6 Å². The highest BCUT2D eigenvalue weighted by molar-refractivity contribution is 7.98. The highest BCUT2D eigenvalue weighted by Crippen LogP contribution is 2.12. The lowest BCUT2D eigenvalue weighted by atomic mass is 10.2. The normalized spacial score (nSPS) is 10.3. The van der Waals surface area contributed by atoms with Crippen LogP contribution >= 0.6 is 11.8 Å². The lowest BCUT2D eigenvalue weighted by Gasteiger charge is -2.07. The van der Waals surface area contributed by atoms with Crippen molar-refractivity contribution in [2.24, 2.45) is 0 Å². The van der Waals surface area contributed by atoms with Gasteiger partial charge >= 0.3 is 0 Å². The first-order valence-corrected chi connectivity index (χ1v) is 7.28. The summed E-state index contributed by atoms with van der Waals surface area (Å²) in [5, 5.41) is 3.30. The van der Waals surface area contributed by atoms with Crippen molar-refractivity contribution in [3.63, 3.8) is 0 Å². The predicted octanol–water partition coefficient (Wildman–Crippen LogP) is 2.74. The molecule has 1 aromatic rings. The van der Waals surface area contributed by atoms with E-state index in [-0.39, 0.29) is 0 Å². The van der Waals surface area contributed by atoms with Crippen LogP contribution < -0.4 is 10.1 Å². The Kier molecular flexibility index (Phi) is 6.77. The minimum Gasteiger partial charge on any atom is -0.481 e. The number of thioether (sulfide) groups is 1. The Morgan fingerprint density at radius 2 is 2.12 bits per heavy atom. The zero-order chi connectivity index (χ0) is 12.5. The fourth-order valence-corrected chi connectivity index (χ4v) is 1.99. The van der Waals surface area contributed by atoms with Gasteiger partial charge in [0.2, 0.25) is 5.88 Å². The van der Waals surface area contributed by atoms with E-state index in [9.17, 15) is 0 Å². The molecule has 0 bridgehead atoms. The molecule has 1 N–H and O–H groups in total.